The molecular formula is C14H28N2O. The normalized spacial score (nSPS) is 24.8. The fourth-order valence-electron chi connectivity index (χ4n) is 2.57. The lowest BCUT2D eigenvalue weighted by atomic mass is 9.94. The van der Waals surface area contributed by atoms with Gasteiger partial charge in [0, 0.05) is 12.5 Å². The maximum Gasteiger partial charge on any atom is 0.220 e. The van der Waals surface area contributed by atoms with Crippen LogP contribution >= 0.6 is 0 Å². The average molecular weight is 240 g/mol. The Bertz CT molecular complexity index is 240. The summed E-state index contributed by atoms with van der Waals surface area (Å²) in [5.74, 6) is 1.90. The van der Waals surface area contributed by atoms with Crippen molar-refractivity contribution >= 4 is 5.91 Å². The average Bonchev–Trinajstić information content (AvgIpc) is 2.95. The minimum Gasteiger partial charge on any atom is -0.353 e. The van der Waals surface area contributed by atoms with E-state index in [1.54, 1.807) is 0 Å². The van der Waals surface area contributed by atoms with Crippen molar-refractivity contribution < 1.29 is 4.79 Å². The lowest BCUT2D eigenvalue weighted by molar-refractivity contribution is -0.122. The Morgan fingerprint density at radius 1 is 1.47 bits per heavy atom. The van der Waals surface area contributed by atoms with Crippen LogP contribution in [0.4, 0.5) is 0 Å². The summed E-state index contributed by atoms with van der Waals surface area (Å²) in [6, 6.07) is 0.458. The number of hydrogen-bond acceptors (Lipinski definition) is 2. The van der Waals surface area contributed by atoms with E-state index in [1.165, 1.54) is 19.3 Å². The Hall–Kier alpha value is -0.570. The number of nitrogens with one attached hydrogen (secondary N) is 1. The van der Waals surface area contributed by atoms with Crippen molar-refractivity contribution in [3.05, 3.63) is 0 Å². The van der Waals surface area contributed by atoms with Gasteiger partial charge in [-0.2, -0.15) is 0 Å². The van der Waals surface area contributed by atoms with Gasteiger partial charge >= 0.3 is 0 Å². The minimum absolute atomic E-state index is 0.199. The van der Waals surface area contributed by atoms with Crippen LogP contribution in [0.15, 0.2) is 0 Å². The molecule has 0 saturated heterocycles. The fraction of sp³-hybridized carbons (Fsp3) is 0.929. The third kappa shape index (κ3) is 5.53. The molecule has 1 saturated carbocycles. The molecule has 1 rings (SSSR count). The lowest BCUT2D eigenvalue weighted by Gasteiger charge is -2.16. The van der Waals surface area contributed by atoms with Gasteiger partial charge in [-0.25, -0.2) is 0 Å². The van der Waals surface area contributed by atoms with Crippen LogP contribution in [0.25, 0.3) is 0 Å². The highest BCUT2D eigenvalue weighted by atomic mass is 16.1. The van der Waals surface area contributed by atoms with E-state index in [4.69, 9.17) is 5.73 Å². The summed E-state index contributed by atoms with van der Waals surface area (Å²) < 4.78 is 0. The van der Waals surface area contributed by atoms with Crippen molar-refractivity contribution in [2.24, 2.45) is 23.5 Å². The van der Waals surface area contributed by atoms with Crippen LogP contribution in [-0.2, 0) is 4.79 Å². The topological polar surface area (TPSA) is 55.1 Å². The first-order valence-electron chi connectivity index (χ1n) is 7.06. The van der Waals surface area contributed by atoms with Gasteiger partial charge in [-0.15, -0.1) is 0 Å². The number of nitrogens with two attached hydrogens (primary N) is 1. The minimum atomic E-state index is 0.199. The summed E-state index contributed by atoms with van der Waals surface area (Å²) in [5, 5.41) is 3.13. The predicted octanol–water partition coefficient (Wildman–Crippen LogP) is 2.30. The molecule has 0 radical (unpaired) electrons. The molecule has 1 aliphatic carbocycles. The first-order valence-corrected chi connectivity index (χ1v) is 7.06. The highest BCUT2D eigenvalue weighted by molar-refractivity contribution is 5.76. The third-order valence-electron chi connectivity index (χ3n) is 3.54. The molecule has 0 spiro atoms. The maximum absolute atomic E-state index is 11.8. The molecule has 1 aliphatic rings. The van der Waals surface area contributed by atoms with Gasteiger partial charge in [0.1, 0.15) is 0 Å². The van der Waals surface area contributed by atoms with Crippen LogP contribution in [-0.4, -0.2) is 18.5 Å². The lowest BCUT2D eigenvalue weighted by Crippen LogP contribution is -2.31. The standard InChI is InChI=1S/C14H28N2O/c1-4-5-12-8-13(12)16-14(17)7-11(9-15)6-10(2)3/h10-13H,4-9,15H2,1-3H3,(H,16,17). The molecular weight excluding hydrogens is 212 g/mol. The van der Waals surface area contributed by atoms with Crippen LogP contribution in [0.3, 0.4) is 0 Å². The summed E-state index contributed by atoms with van der Waals surface area (Å²) in [6.45, 7) is 7.18. The van der Waals surface area contributed by atoms with Crippen LogP contribution in [0.2, 0.25) is 0 Å². The SMILES string of the molecule is CCCC1CC1NC(=O)CC(CN)CC(C)C. The molecule has 3 unspecified atom stereocenters. The highest BCUT2D eigenvalue weighted by Gasteiger charge is 2.37. The summed E-state index contributed by atoms with van der Waals surface area (Å²) in [7, 11) is 0. The van der Waals surface area contributed by atoms with Crippen LogP contribution < -0.4 is 11.1 Å². The van der Waals surface area contributed by atoms with E-state index in [0.29, 0.717) is 30.8 Å². The van der Waals surface area contributed by atoms with Gasteiger partial charge in [0.05, 0.1) is 0 Å². The van der Waals surface area contributed by atoms with E-state index in [9.17, 15) is 4.79 Å². The van der Waals surface area contributed by atoms with Gasteiger partial charge in [-0.3, -0.25) is 4.79 Å². The third-order valence-corrected chi connectivity index (χ3v) is 3.54. The predicted molar refractivity (Wildman–Crippen MR) is 71.6 cm³/mol. The summed E-state index contributed by atoms with van der Waals surface area (Å²) in [6.07, 6.45) is 5.29. The van der Waals surface area contributed by atoms with E-state index < -0.39 is 0 Å². The van der Waals surface area contributed by atoms with Gasteiger partial charge in [-0.05, 0) is 43.6 Å². The second-order valence-corrected chi connectivity index (χ2v) is 5.89. The number of hydrogen-bond donors (Lipinski definition) is 2. The van der Waals surface area contributed by atoms with Crippen molar-refractivity contribution in [2.75, 3.05) is 6.54 Å². The summed E-state index contributed by atoms with van der Waals surface area (Å²) in [4.78, 5) is 11.8. The Morgan fingerprint density at radius 3 is 2.71 bits per heavy atom. The summed E-state index contributed by atoms with van der Waals surface area (Å²) >= 11 is 0. The van der Waals surface area contributed by atoms with Crippen LogP contribution in [0.5, 0.6) is 0 Å². The van der Waals surface area contributed by atoms with Crippen molar-refractivity contribution in [3.8, 4) is 0 Å². The van der Waals surface area contributed by atoms with Crippen LogP contribution in [0.1, 0.15) is 52.9 Å². The molecule has 3 heteroatoms. The number of rotatable bonds is 8. The molecule has 3 nitrogen and oxygen atoms in total. The van der Waals surface area contributed by atoms with Crippen LogP contribution in [0, 0.1) is 17.8 Å². The van der Waals surface area contributed by atoms with Crippen molar-refractivity contribution in [1.29, 1.82) is 0 Å². The molecule has 100 valence electrons. The Balaban J connectivity index is 2.20. The largest absolute Gasteiger partial charge is 0.353 e. The second kappa shape index (κ2) is 7.00. The number of carbonyl (C=O) groups is 1. The van der Waals surface area contributed by atoms with E-state index >= 15 is 0 Å². The van der Waals surface area contributed by atoms with Gasteiger partial charge in [-0.1, -0.05) is 27.2 Å². The molecule has 17 heavy (non-hydrogen) atoms. The van der Waals surface area contributed by atoms with E-state index in [2.05, 4.69) is 26.1 Å². The number of amides is 1. The Morgan fingerprint density at radius 2 is 2.18 bits per heavy atom. The molecule has 0 heterocycles. The molecule has 0 bridgehead atoms. The second-order valence-electron chi connectivity index (χ2n) is 5.89. The molecule has 1 fully saturated rings. The molecule has 0 aromatic rings. The van der Waals surface area contributed by atoms with Gasteiger partial charge in [0.15, 0.2) is 0 Å². The van der Waals surface area contributed by atoms with E-state index in [0.717, 1.165) is 12.3 Å². The van der Waals surface area contributed by atoms with Crippen molar-refractivity contribution in [1.82, 2.24) is 5.32 Å². The Labute approximate surface area is 106 Å². The molecule has 3 atom stereocenters. The zero-order valence-corrected chi connectivity index (χ0v) is 11.5. The molecule has 0 aromatic heterocycles. The van der Waals surface area contributed by atoms with Crippen molar-refractivity contribution in [3.63, 3.8) is 0 Å². The molecule has 3 N–H and O–H groups in total. The smallest absolute Gasteiger partial charge is 0.220 e. The van der Waals surface area contributed by atoms with E-state index in [1.807, 2.05) is 0 Å². The quantitative estimate of drug-likeness (QED) is 0.684. The Kier molecular flexibility index (Phi) is 5.96. The molecule has 0 aromatic carbocycles. The highest BCUT2D eigenvalue weighted by Crippen LogP contribution is 2.34. The zero-order chi connectivity index (χ0) is 12.8. The van der Waals surface area contributed by atoms with Gasteiger partial charge < -0.3 is 11.1 Å². The zero-order valence-electron chi connectivity index (χ0n) is 11.5. The first kappa shape index (κ1) is 14.5. The maximum atomic E-state index is 11.8. The number of carbonyl (C=O) groups excluding carboxylic acids is 1. The first-order chi connectivity index (χ1) is 8.06. The summed E-state index contributed by atoms with van der Waals surface area (Å²) in [5.41, 5.74) is 5.71. The van der Waals surface area contributed by atoms with Gasteiger partial charge in [0.25, 0.3) is 0 Å². The van der Waals surface area contributed by atoms with Crippen molar-refractivity contribution in [2.45, 2.75) is 58.9 Å². The molecule has 0 aliphatic heterocycles. The fourth-order valence-corrected chi connectivity index (χ4v) is 2.57. The monoisotopic (exact) mass is 240 g/mol. The van der Waals surface area contributed by atoms with Gasteiger partial charge in [0.2, 0.25) is 5.91 Å². The molecule has 1 amide bonds. The van der Waals surface area contributed by atoms with E-state index in [-0.39, 0.29) is 5.91 Å².